The Labute approximate surface area is 120 Å². The number of urea groups is 1. The van der Waals surface area contributed by atoms with Gasteiger partial charge in [-0.3, -0.25) is 0 Å². The first-order valence-corrected chi connectivity index (χ1v) is 6.10. The van der Waals surface area contributed by atoms with Gasteiger partial charge in [-0.2, -0.15) is 0 Å². The van der Waals surface area contributed by atoms with Crippen molar-refractivity contribution in [3.63, 3.8) is 0 Å². The molecule has 0 radical (unpaired) electrons. The molecule has 0 saturated heterocycles. The molecule has 2 amide bonds. The molecule has 21 heavy (non-hydrogen) atoms. The van der Waals surface area contributed by atoms with E-state index in [4.69, 9.17) is 14.3 Å². The minimum atomic E-state index is -1.15. The highest BCUT2D eigenvalue weighted by Crippen LogP contribution is 2.22. The number of aromatic carboxylic acids is 1. The van der Waals surface area contributed by atoms with Crippen LogP contribution in [0.3, 0.4) is 0 Å². The third-order valence-corrected chi connectivity index (χ3v) is 2.65. The molecule has 0 unspecified atom stereocenters. The third-order valence-electron chi connectivity index (χ3n) is 2.65. The van der Waals surface area contributed by atoms with E-state index in [2.05, 4.69) is 10.6 Å². The van der Waals surface area contributed by atoms with Crippen LogP contribution in [0, 0.1) is 0 Å². The van der Waals surface area contributed by atoms with Crippen LogP contribution in [0.5, 0.6) is 5.75 Å². The molecule has 1 aromatic carbocycles. The summed E-state index contributed by atoms with van der Waals surface area (Å²) in [6.07, 6.45) is 0. The van der Waals surface area contributed by atoms with Gasteiger partial charge in [-0.05, 0) is 24.3 Å². The molecule has 0 fully saturated rings. The van der Waals surface area contributed by atoms with Crippen LogP contribution in [-0.4, -0.2) is 24.2 Å². The van der Waals surface area contributed by atoms with E-state index in [9.17, 15) is 9.59 Å². The minimum absolute atomic E-state index is 0.0776. The van der Waals surface area contributed by atoms with Gasteiger partial charge < -0.3 is 24.9 Å². The number of benzene rings is 1. The Kier molecular flexibility index (Phi) is 4.45. The van der Waals surface area contributed by atoms with E-state index in [0.29, 0.717) is 17.2 Å². The zero-order valence-electron chi connectivity index (χ0n) is 11.3. The first-order valence-electron chi connectivity index (χ1n) is 6.10. The number of carbonyl (C=O) groups excluding carboxylic acids is 1. The van der Waals surface area contributed by atoms with Crippen LogP contribution in [0.1, 0.15) is 16.3 Å². The highest BCUT2D eigenvalue weighted by molar-refractivity contribution is 5.90. The van der Waals surface area contributed by atoms with E-state index < -0.39 is 12.0 Å². The Hall–Kier alpha value is -2.96. The largest absolute Gasteiger partial charge is 0.495 e. The number of para-hydroxylation sites is 2. The van der Waals surface area contributed by atoms with Crippen LogP contribution in [0.15, 0.2) is 40.8 Å². The summed E-state index contributed by atoms with van der Waals surface area (Å²) in [5.41, 5.74) is 0.531. The lowest BCUT2D eigenvalue weighted by molar-refractivity contribution is 0.0660. The fraction of sp³-hybridized carbons (Fsp3) is 0.143. The summed E-state index contributed by atoms with van der Waals surface area (Å²) in [6.45, 7) is 0.0776. The van der Waals surface area contributed by atoms with Crippen molar-refractivity contribution in [1.29, 1.82) is 0 Å². The molecule has 110 valence electrons. The van der Waals surface area contributed by atoms with Crippen molar-refractivity contribution in [3.05, 3.63) is 47.9 Å². The Morgan fingerprint density at radius 3 is 2.67 bits per heavy atom. The van der Waals surface area contributed by atoms with E-state index in [-0.39, 0.29) is 12.3 Å². The van der Waals surface area contributed by atoms with E-state index in [1.54, 1.807) is 24.3 Å². The Morgan fingerprint density at radius 1 is 1.24 bits per heavy atom. The predicted octanol–water partition coefficient (Wildman–Crippen LogP) is 2.31. The third kappa shape index (κ3) is 3.75. The molecule has 0 spiro atoms. The summed E-state index contributed by atoms with van der Waals surface area (Å²) in [6, 6.07) is 9.36. The van der Waals surface area contributed by atoms with Gasteiger partial charge in [0, 0.05) is 0 Å². The number of carbonyl (C=O) groups is 2. The molecule has 0 atom stereocenters. The van der Waals surface area contributed by atoms with Gasteiger partial charge in [0.2, 0.25) is 5.76 Å². The minimum Gasteiger partial charge on any atom is -0.495 e. The van der Waals surface area contributed by atoms with Crippen molar-refractivity contribution < 1.29 is 23.8 Å². The fourth-order valence-electron chi connectivity index (χ4n) is 1.67. The van der Waals surface area contributed by atoms with Crippen molar-refractivity contribution in [1.82, 2.24) is 5.32 Å². The summed E-state index contributed by atoms with van der Waals surface area (Å²) < 4.78 is 10.1. The van der Waals surface area contributed by atoms with Gasteiger partial charge in [-0.1, -0.05) is 12.1 Å². The molecule has 0 saturated carbocycles. The lowest BCUT2D eigenvalue weighted by Gasteiger charge is -2.10. The van der Waals surface area contributed by atoms with Gasteiger partial charge in [0.1, 0.15) is 11.5 Å². The zero-order valence-corrected chi connectivity index (χ0v) is 11.3. The van der Waals surface area contributed by atoms with Crippen LogP contribution in [0.2, 0.25) is 0 Å². The maximum Gasteiger partial charge on any atom is 0.371 e. The Balaban J connectivity index is 1.91. The molecule has 2 rings (SSSR count). The second kappa shape index (κ2) is 6.47. The molecule has 7 heteroatoms. The molecule has 2 aromatic rings. The Bertz CT molecular complexity index is 650. The van der Waals surface area contributed by atoms with Crippen molar-refractivity contribution in [2.75, 3.05) is 12.4 Å². The van der Waals surface area contributed by atoms with E-state index in [0.717, 1.165) is 0 Å². The van der Waals surface area contributed by atoms with Gasteiger partial charge in [-0.25, -0.2) is 9.59 Å². The van der Waals surface area contributed by atoms with Crippen molar-refractivity contribution >= 4 is 17.7 Å². The number of carboxylic acid groups (broad SMARTS) is 1. The van der Waals surface area contributed by atoms with Crippen LogP contribution in [0.4, 0.5) is 10.5 Å². The second-order valence-corrected chi connectivity index (χ2v) is 4.08. The van der Waals surface area contributed by atoms with Crippen LogP contribution >= 0.6 is 0 Å². The highest BCUT2D eigenvalue weighted by Gasteiger charge is 2.10. The van der Waals surface area contributed by atoms with Crippen molar-refractivity contribution in [3.8, 4) is 5.75 Å². The average Bonchev–Trinajstić information content (AvgIpc) is 2.95. The summed E-state index contributed by atoms with van der Waals surface area (Å²) in [4.78, 5) is 22.4. The number of hydrogen-bond acceptors (Lipinski definition) is 4. The SMILES string of the molecule is COc1ccccc1NC(=O)NCc1ccc(C(=O)O)o1. The number of amides is 2. The van der Waals surface area contributed by atoms with E-state index in [1.807, 2.05) is 0 Å². The molecule has 3 N–H and O–H groups in total. The molecular weight excluding hydrogens is 276 g/mol. The summed E-state index contributed by atoms with van der Waals surface area (Å²) in [7, 11) is 1.51. The molecule has 1 heterocycles. The number of anilines is 1. The maximum absolute atomic E-state index is 11.8. The number of ether oxygens (including phenoxy) is 1. The number of furan rings is 1. The number of rotatable bonds is 5. The standard InChI is InChI=1S/C14H14N2O5/c1-20-11-5-3-2-4-10(11)16-14(19)15-8-9-6-7-12(21-9)13(17)18/h2-7H,8H2,1H3,(H,17,18)(H2,15,16,19). The van der Waals surface area contributed by atoms with Gasteiger partial charge in [0.15, 0.2) is 0 Å². The summed E-state index contributed by atoms with van der Waals surface area (Å²) >= 11 is 0. The molecule has 0 aliphatic heterocycles. The second-order valence-electron chi connectivity index (χ2n) is 4.08. The first-order chi connectivity index (χ1) is 10.1. The van der Waals surface area contributed by atoms with E-state index in [1.165, 1.54) is 19.2 Å². The van der Waals surface area contributed by atoms with Crippen LogP contribution < -0.4 is 15.4 Å². The molecule has 1 aromatic heterocycles. The summed E-state index contributed by atoms with van der Waals surface area (Å²) in [5.74, 6) is -0.432. The van der Waals surface area contributed by atoms with E-state index >= 15 is 0 Å². The fourth-order valence-corrected chi connectivity index (χ4v) is 1.67. The molecule has 0 aliphatic carbocycles. The lowest BCUT2D eigenvalue weighted by atomic mass is 10.3. The topological polar surface area (TPSA) is 101 Å². The smallest absolute Gasteiger partial charge is 0.371 e. The number of nitrogens with one attached hydrogen (secondary N) is 2. The maximum atomic E-state index is 11.8. The molecule has 0 aliphatic rings. The van der Waals surface area contributed by atoms with Crippen molar-refractivity contribution in [2.24, 2.45) is 0 Å². The highest BCUT2D eigenvalue weighted by atomic mass is 16.5. The molecule has 7 nitrogen and oxygen atoms in total. The number of methoxy groups -OCH3 is 1. The molecular formula is C14H14N2O5. The predicted molar refractivity (Wildman–Crippen MR) is 74.5 cm³/mol. The lowest BCUT2D eigenvalue weighted by Crippen LogP contribution is -2.28. The van der Waals surface area contributed by atoms with Gasteiger partial charge in [-0.15, -0.1) is 0 Å². The quantitative estimate of drug-likeness (QED) is 0.784. The van der Waals surface area contributed by atoms with Crippen LogP contribution in [-0.2, 0) is 6.54 Å². The number of carboxylic acids is 1. The number of hydrogen-bond donors (Lipinski definition) is 3. The van der Waals surface area contributed by atoms with Gasteiger partial charge >= 0.3 is 12.0 Å². The average molecular weight is 290 g/mol. The Morgan fingerprint density at radius 2 is 2.00 bits per heavy atom. The van der Waals surface area contributed by atoms with Gasteiger partial charge in [0.05, 0.1) is 19.3 Å². The van der Waals surface area contributed by atoms with Gasteiger partial charge in [0.25, 0.3) is 0 Å². The van der Waals surface area contributed by atoms with Crippen LogP contribution in [0.25, 0.3) is 0 Å². The molecule has 0 bridgehead atoms. The van der Waals surface area contributed by atoms with Crippen molar-refractivity contribution in [2.45, 2.75) is 6.54 Å². The zero-order chi connectivity index (χ0) is 15.2. The monoisotopic (exact) mass is 290 g/mol. The summed E-state index contributed by atoms with van der Waals surface area (Å²) in [5, 5.41) is 13.9. The normalized spacial score (nSPS) is 9.95. The first kappa shape index (κ1) is 14.4.